The monoisotopic (exact) mass is 376 g/mol. The molecule has 3 rings (SSSR count). The van der Waals surface area contributed by atoms with Crippen LogP contribution in [0.4, 0.5) is 5.69 Å². The summed E-state index contributed by atoms with van der Waals surface area (Å²) < 4.78 is 5.56. The number of thiocarbonyl (C=S) groups is 1. The van der Waals surface area contributed by atoms with Crippen LogP contribution in [0.25, 0.3) is 0 Å². The minimum Gasteiger partial charge on any atom is -0.494 e. The predicted molar refractivity (Wildman–Crippen MR) is 116 cm³/mol. The molecule has 0 spiro atoms. The molecule has 2 N–H and O–H groups in total. The van der Waals surface area contributed by atoms with E-state index in [1.807, 2.05) is 49.4 Å². The molecule has 0 fully saturated rings. The van der Waals surface area contributed by atoms with Gasteiger partial charge in [0.25, 0.3) is 0 Å². The second kappa shape index (κ2) is 9.19. The van der Waals surface area contributed by atoms with Gasteiger partial charge in [0.05, 0.1) is 12.6 Å². The Hall–Kier alpha value is -2.85. The minimum atomic E-state index is -0.0260. The highest BCUT2D eigenvalue weighted by Gasteiger charge is 2.15. The van der Waals surface area contributed by atoms with Gasteiger partial charge in [0.15, 0.2) is 5.11 Å². The highest BCUT2D eigenvalue weighted by atomic mass is 32.1. The molecule has 0 aliphatic rings. The molecule has 3 aromatic rings. The Kier molecular flexibility index (Phi) is 6.44. The number of aryl methyl sites for hydroxylation is 1. The summed E-state index contributed by atoms with van der Waals surface area (Å²) in [6.45, 7) is 4.69. The van der Waals surface area contributed by atoms with Gasteiger partial charge >= 0.3 is 0 Å². The van der Waals surface area contributed by atoms with E-state index in [4.69, 9.17) is 17.0 Å². The number of anilines is 1. The summed E-state index contributed by atoms with van der Waals surface area (Å²) in [5.41, 5.74) is 4.46. The van der Waals surface area contributed by atoms with Gasteiger partial charge in [0.1, 0.15) is 5.75 Å². The maximum atomic E-state index is 5.58. The Morgan fingerprint density at radius 1 is 0.926 bits per heavy atom. The topological polar surface area (TPSA) is 33.3 Å². The molecule has 3 nitrogen and oxygen atoms in total. The molecule has 0 amide bonds. The summed E-state index contributed by atoms with van der Waals surface area (Å²) in [5, 5.41) is 7.28. The van der Waals surface area contributed by atoms with Crippen LogP contribution in [0.3, 0.4) is 0 Å². The SMILES string of the molecule is CCOc1cccc(NC(=S)NC(c2ccccc2)c2ccc(C)cc2)c1. The van der Waals surface area contributed by atoms with Crippen LogP contribution in [0, 0.1) is 6.92 Å². The van der Waals surface area contributed by atoms with Crippen molar-refractivity contribution in [1.82, 2.24) is 5.32 Å². The van der Waals surface area contributed by atoms with E-state index in [1.54, 1.807) is 0 Å². The van der Waals surface area contributed by atoms with E-state index in [0.717, 1.165) is 17.0 Å². The largest absolute Gasteiger partial charge is 0.494 e. The molecule has 0 aliphatic heterocycles. The van der Waals surface area contributed by atoms with Crippen molar-refractivity contribution >= 4 is 23.0 Å². The Morgan fingerprint density at radius 3 is 2.33 bits per heavy atom. The van der Waals surface area contributed by atoms with Gasteiger partial charge in [-0.1, -0.05) is 66.2 Å². The number of rotatable bonds is 6. The zero-order valence-corrected chi connectivity index (χ0v) is 16.4. The van der Waals surface area contributed by atoms with Crippen LogP contribution < -0.4 is 15.4 Å². The lowest BCUT2D eigenvalue weighted by molar-refractivity contribution is 0.340. The fraction of sp³-hybridized carbons (Fsp3) is 0.174. The smallest absolute Gasteiger partial charge is 0.171 e. The first-order valence-electron chi connectivity index (χ1n) is 9.07. The van der Waals surface area contributed by atoms with Crippen molar-refractivity contribution in [2.75, 3.05) is 11.9 Å². The van der Waals surface area contributed by atoms with Gasteiger partial charge in [-0.3, -0.25) is 0 Å². The Balaban J connectivity index is 1.78. The molecule has 0 aromatic heterocycles. The summed E-state index contributed by atoms with van der Waals surface area (Å²) >= 11 is 5.58. The van der Waals surface area contributed by atoms with Crippen molar-refractivity contribution in [1.29, 1.82) is 0 Å². The first-order valence-corrected chi connectivity index (χ1v) is 9.48. The van der Waals surface area contributed by atoms with Gasteiger partial charge < -0.3 is 15.4 Å². The fourth-order valence-electron chi connectivity index (χ4n) is 2.89. The standard InChI is InChI=1S/C23H24N2OS/c1-3-26-21-11-7-10-20(16-21)24-23(27)25-22(18-8-5-4-6-9-18)19-14-12-17(2)13-15-19/h4-16,22H,3H2,1-2H3,(H2,24,25,27). The minimum absolute atomic E-state index is 0.0260. The Labute approximate surface area is 166 Å². The maximum absolute atomic E-state index is 5.58. The van der Waals surface area contributed by atoms with Gasteiger partial charge in [-0.15, -0.1) is 0 Å². The van der Waals surface area contributed by atoms with Gasteiger partial charge in [-0.2, -0.15) is 0 Å². The first-order chi connectivity index (χ1) is 13.2. The third-order valence-corrected chi connectivity index (χ3v) is 4.44. The van der Waals surface area contributed by atoms with Gasteiger partial charge in [-0.25, -0.2) is 0 Å². The van der Waals surface area contributed by atoms with Crippen molar-refractivity contribution in [3.63, 3.8) is 0 Å². The molecule has 27 heavy (non-hydrogen) atoms. The molecule has 1 unspecified atom stereocenters. The van der Waals surface area contributed by atoms with Crippen LogP contribution in [0.1, 0.15) is 29.7 Å². The molecule has 0 heterocycles. The molecule has 3 aromatic carbocycles. The van der Waals surface area contributed by atoms with E-state index >= 15 is 0 Å². The summed E-state index contributed by atoms with van der Waals surface area (Å²) in [7, 11) is 0. The van der Waals surface area contributed by atoms with Crippen molar-refractivity contribution in [2.24, 2.45) is 0 Å². The van der Waals surface area contributed by atoms with Crippen LogP contribution in [-0.2, 0) is 0 Å². The molecular weight excluding hydrogens is 352 g/mol. The van der Waals surface area contributed by atoms with Gasteiger partial charge in [0.2, 0.25) is 0 Å². The molecular formula is C23H24N2OS. The van der Waals surface area contributed by atoms with Crippen LogP contribution >= 0.6 is 12.2 Å². The van der Waals surface area contributed by atoms with Crippen LogP contribution in [0.15, 0.2) is 78.9 Å². The molecule has 0 radical (unpaired) electrons. The summed E-state index contributed by atoms with van der Waals surface area (Å²) in [6, 6.07) is 26.6. The number of hydrogen-bond donors (Lipinski definition) is 2. The van der Waals surface area contributed by atoms with Crippen molar-refractivity contribution in [2.45, 2.75) is 19.9 Å². The second-order valence-electron chi connectivity index (χ2n) is 6.31. The highest BCUT2D eigenvalue weighted by molar-refractivity contribution is 7.80. The third-order valence-electron chi connectivity index (χ3n) is 4.22. The Morgan fingerprint density at radius 2 is 1.63 bits per heavy atom. The molecule has 0 saturated heterocycles. The molecule has 0 aliphatic carbocycles. The van der Waals surface area contributed by atoms with Gasteiger partial charge in [0, 0.05) is 11.8 Å². The van der Waals surface area contributed by atoms with E-state index in [1.165, 1.54) is 11.1 Å². The molecule has 138 valence electrons. The molecule has 0 bridgehead atoms. The maximum Gasteiger partial charge on any atom is 0.171 e. The van der Waals surface area contributed by atoms with Crippen LogP contribution in [-0.4, -0.2) is 11.7 Å². The summed E-state index contributed by atoms with van der Waals surface area (Å²) in [5.74, 6) is 0.823. The highest BCUT2D eigenvalue weighted by Crippen LogP contribution is 2.23. The van der Waals surface area contributed by atoms with E-state index in [-0.39, 0.29) is 6.04 Å². The average Bonchev–Trinajstić information content (AvgIpc) is 2.68. The molecule has 0 saturated carbocycles. The lowest BCUT2D eigenvalue weighted by Gasteiger charge is -2.22. The molecule has 1 atom stereocenters. The average molecular weight is 377 g/mol. The third kappa shape index (κ3) is 5.31. The fourth-order valence-corrected chi connectivity index (χ4v) is 3.13. The predicted octanol–water partition coefficient (Wildman–Crippen LogP) is 5.47. The van der Waals surface area contributed by atoms with E-state index < -0.39 is 0 Å². The van der Waals surface area contributed by atoms with Crippen molar-refractivity contribution in [3.8, 4) is 5.75 Å². The first kappa shape index (κ1) is 18.9. The number of ether oxygens (including phenoxy) is 1. The zero-order chi connectivity index (χ0) is 19.1. The second-order valence-corrected chi connectivity index (χ2v) is 6.72. The van der Waals surface area contributed by atoms with E-state index in [9.17, 15) is 0 Å². The zero-order valence-electron chi connectivity index (χ0n) is 15.6. The lowest BCUT2D eigenvalue weighted by atomic mass is 9.98. The van der Waals surface area contributed by atoms with Gasteiger partial charge in [-0.05, 0) is 49.3 Å². The number of benzene rings is 3. The lowest BCUT2D eigenvalue weighted by Crippen LogP contribution is -2.33. The van der Waals surface area contributed by atoms with Crippen molar-refractivity contribution < 1.29 is 4.74 Å². The molecule has 4 heteroatoms. The normalized spacial score (nSPS) is 11.5. The quantitative estimate of drug-likeness (QED) is 0.559. The summed E-state index contributed by atoms with van der Waals surface area (Å²) in [4.78, 5) is 0. The number of hydrogen-bond acceptors (Lipinski definition) is 2. The summed E-state index contributed by atoms with van der Waals surface area (Å²) in [6.07, 6.45) is 0. The van der Waals surface area contributed by atoms with Crippen molar-refractivity contribution in [3.05, 3.63) is 95.6 Å². The number of nitrogens with one attached hydrogen (secondary N) is 2. The van der Waals surface area contributed by atoms with Crippen LogP contribution in [0.5, 0.6) is 5.75 Å². The van der Waals surface area contributed by atoms with E-state index in [2.05, 4.69) is 54.0 Å². The van der Waals surface area contributed by atoms with Crippen LogP contribution in [0.2, 0.25) is 0 Å². The Bertz CT molecular complexity index is 878. The van der Waals surface area contributed by atoms with E-state index in [0.29, 0.717) is 11.7 Å².